The van der Waals surface area contributed by atoms with E-state index in [0.717, 1.165) is 49.0 Å². The van der Waals surface area contributed by atoms with E-state index in [1.54, 1.807) is 15.9 Å². The number of rotatable bonds is 9. The lowest BCUT2D eigenvalue weighted by molar-refractivity contribution is -0.124. The highest BCUT2D eigenvalue weighted by atomic mass is 32.1. The van der Waals surface area contributed by atoms with E-state index in [9.17, 15) is 4.79 Å². The molecule has 3 heterocycles. The number of nitrogens with one attached hydrogen (secondary N) is 2. The van der Waals surface area contributed by atoms with Crippen LogP contribution in [0.4, 0.5) is 0 Å². The molecular formula is C22H27N5O3S2. The number of ether oxygens (including phenoxy) is 2. The van der Waals surface area contributed by atoms with Crippen LogP contribution in [-0.2, 0) is 16.1 Å². The van der Waals surface area contributed by atoms with Gasteiger partial charge >= 0.3 is 0 Å². The van der Waals surface area contributed by atoms with Crippen molar-refractivity contribution in [2.45, 2.75) is 19.5 Å². The predicted molar refractivity (Wildman–Crippen MR) is 126 cm³/mol. The smallest absolute Gasteiger partial charge is 0.243 e. The molecule has 1 aromatic carbocycles. The first-order valence-electron chi connectivity index (χ1n) is 10.6. The molecule has 1 aliphatic heterocycles. The van der Waals surface area contributed by atoms with Crippen molar-refractivity contribution in [1.29, 1.82) is 0 Å². The lowest BCUT2D eigenvalue weighted by Gasteiger charge is -2.26. The van der Waals surface area contributed by atoms with Gasteiger partial charge in [0.1, 0.15) is 18.4 Å². The molecule has 10 heteroatoms. The second kappa shape index (κ2) is 10.9. The van der Waals surface area contributed by atoms with Gasteiger partial charge in [-0.3, -0.25) is 19.4 Å². The molecule has 2 N–H and O–H groups in total. The molecule has 8 nitrogen and oxygen atoms in total. The first-order valence-corrected chi connectivity index (χ1v) is 11.9. The Balaban J connectivity index is 1.32. The van der Waals surface area contributed by atoms with E-state index in [1.165, 1.54) is 0 Å². The molecule has 32 heavy (non-hydrogen) atoms. The molecule has 1 unspecified atom stereocenters. The van der Waals surface area contributed by atoms with Crippen LogP contribution in [0.25, 0.3) is 10.7 Å². The van der Waals surface area contributed by atoms with Gasteiger partial charge in [0.15, 0.2) is 10.6 Å². The number of hydrogen-bond donors (Lipinski definition) is 2. The molecule has 0 spiro atoms. The van der Waals surface area contributed by atoms with Crippen LogP contribution in [0.15, 0.2) is 41.8 Å². The SMILES string of the molecule is CC(C(=O)NCc1cccc(OCCN2CCOCC2)c1)n1c(-c2cccs2)n[nH]c1=S. The molecule has 1 fully saturated rings. The van der Waals surface area contributed by atoms with E-state index in [4.69, 9.17) is 21.7 Å². The Morgan fingerprint density at radius 3 is 2.97 bits per heavy atom. The summed E-state index contributed by atoms with van der Waals surface area (Å²) in [6, 6.07) is 11.2. The summed E-state index contributed by atoms with van der Waals surface area (Å²) in [6.45, 7) is 7.19. The van der Waals surface area contributed by atoms with E-state index < -0.39 is 6.04 Å². The van der Waals surface area contributed by atoms with Gasteiger partial charge in [0, 0.05) is 26.2 Å². The zero-order chi connectivity index (χ0) is 22.3. The van der Waals surface area contributed by atoms with E-state index in [0.29, 0.717) is 23.7 Å². The van der Waals surface area contributed by atoms with Gasteiger partial charge in [0.05, 0.1) is 18.1 Å². The molecule has 0 radical (unpaired) electrons. The zero-order valence-corrected chi connectivity index (χ0v) is 19.6. The number of hydrogen-bond acceptors (Lipinski definition) is 7. The summed E-state index contributed by atoms with van der Waals surface area (Å²) in [4.78, 5) is 16.1. The predicted octanol–water partition coefficient (Wildman–Crippen LogP) is 3.26. The Kier molecular flexibility index (Phi) is 7.69. The minimum atomic E-state index is -0.494. The third-order valence-corrected chi connectivity index (χ3v) is 6.51. The van der Waals surface area contributed by atoms with Crippen LogP contribution in [0.3, 0.4) is 0 Å². The zero-order valence-electron chi connectivity index (χ0n) is 18.0. The number of H-pyrrole nitrogens is 1. The summed E-state index contributed by atoms with van der Waals surface area (Å²) >= 11 is 6.92. The largest absolute Gasteiger partial charge is 0.492 e. The summed E-state index contributed by atoms with van der Waals surface area (Å²) in [5.41, 5.74) is 0.976. The van der Waals surface area contributed by atoms with Crippen molar-refractivity contribution < 1.29 is 14.3 Å². The molecule has 0 aliphatic carbocycles. The normalized spacial score (nSPS) is 15.4. The summed E-state index contributed by atoms with van der Waals surface area (Å²) in [6.07, 6.45) is 0. The fraction of sp³-hybridized carbons (Fsp3) is 0.409. The van der Waals surface area contributed by atoms with Crippen molar-refractivity contribution in [1.82, 2.24) is 25.0 Å². The first kappa shape index (κ1) is 22.7. The third kappa shape index (κ3) is 5.63. The molecule has 2 aromatic heterocycles. The maximum atomic E-state index is 12.9. The van der Waals surface area contributed by atoms with Crippen LogP contribution >= 0.6 is 23.6 Å². The average Bonchev–Trinajstić information content (AvgIpc) is 3.48. The second-order valence-electron chi connectivity index (χ2n) is 7.54. The second-order valence-corrected chi connectivity index (χ2v) is 8.88. The number of morpholine rings is 1. The number of aromatic amines is 1. The van der Waals surface area contributed by atoms with Gasteiger partial charge in [0.2, 0.25) is 5.91 Å². The van der Waals surface area contributed by atoms with Crippen molar-refractivity contribution in [2.24, 2.45) is 0 Å². The number of aromatic nitrogens is 3. The third-order valence-electron chi connectivity index (χ3n) is 5.36. The highest BCUT2D eigenvalue weighted by Crippen LogP contribution is 2.25. The summed E-state index contributed by atoms with van der Waals surface area (Å²) in [7, 11) is 0. The lowest BCUT2D eigenvalue weighted by atomic mass is 10.2. The Morgan fingerprint density at radius 1 is 1.34 bits per heavy atom. The maximum Gasteiger partial charge on any atom is 0.243 e. The van der Waals surface area contributed by atoms with Gasteiger partial charge in [-0.1, -0.05) is 18.2 Å². The topological polar surface area (TPSA) is 84.4 Å². The minimum absolute atomic E-state index is 0.126. The highest BCUT2D eigenvalue weighted by Gasteiger charge is 2.21. The number of nitrogens with zero attached hydrogens (tertiary/aromatic N) is 3. The molecular weight excluding hydrogens is 446 g/mol. The fourth-order valence-corrected chi connectivity index (χ4v) is 4.56. The average molecular weight is 474 g/mol. The van der Waals surface area contributed by atoms with Crippen molar-refractivity contribution in [3.05, 3.63) is 52.1 Å². The van der Waals surface area contributed by atoms with Gasteiger partial charge in [-0.25, -0.2) is 0 Å². The fourth-order valence-electron chi connectivity index (χ4n) is 3.56. The number of benzene rings is 1. The summed E-state index contributed by atoms with van der Waals surface area (Å²) in [5.74, 6) is 1.34. The van der Waals surface area contributed by atoms with Crippen molar-refractivity contribution >= 4 is 29.5 Å². The molecule has 4 rings (SSSR count). The monoisotopic (exact) mass is 473 g/mol. The summed E-state index contributed by atoms with van der Waals surface area (Å²) < 4.78 is 13.5. The first-order chi connectivity index (χ1) is 15.6. The summed E-state index contributed by atoms with van der Waals surface area (Å²) in [5, 5.41) is 12.1. The molecule has 1 atom stereocenters. The number of carbonyl (C=O) groups excluding carboxylic acids is 1. The van der Waals surface area contributed by atoms with E-state index >= 15 is 0 Å². The van der Waals surface area contributed by atoms with E-state index in [2.05, 4.69) is 20.4 Å². The highest BCUT2D eigenvalue weighted by molar-refractivity contribution is 7.71. The van der Waals surface area contributed by atoms with Crippen LogP contribution in [0.1, 0.15) is 18.5 Å². The Bertz CT molecular complexity index is 1070. The van der Waals surface area contributed by atoms with Crippen LogP contribution in [0.5, 0.6) is 5.75 Å². The van der Waals surface area contributed by atoms with Crippen LogP contribution in [0, 0.1) is 4.77 Å². The molecule has 1 saturated heterocycles. The number of amides is 1. The molecule has 0 bridgehead atoms. The molecule has 0 saturated carbocycles. The van der Waals surface area contributed by atoms with Gasteiger partial charge in [-0.05, 0) is 48.3 Å². The van der Waals surface area contributed by atoms with Gasteiger partial charge in [0.25, 0.3) is 0 Å². The minimum Gasteiger partial charge on any atom is -0.492 e. The van der Waals surface area contributed by atoms with E-state index in [1.807, 2.05) is 48.7 Å². The molecule has 1 amide bonds. The van der Waals surface area contributed by atoms with Crippen molar-refractivity contribution in [3.8, 4) is 16.5 Å². The number of carbonyl (C=O) groups is 1. The van der Waals surface area contributed by atoms with Crippen molar-refractivity contribution in [2.75, 3.05) is 39.5 Å². The molecule has 170 valence electrons. The number of thiophene rings is 1. The van der Waals surface area contributed by atoms with Gasteiger partial charge < -0.3 is 14.8 Å². The maximum absolute atomic E-state index is 12.9. The molecule has 1 aliphatic rings. The van der Waals surface area contributed by atoms with Crippen LogP contribution < -0.4 is 10.1 Å². The Hall–Kier alpha value is -2.53. The standard InChI is InChI=1S/C22H27N5O3S2/c1-16(27-20(24-25-22(27)31)19-6-3-13-32-19)21(28)23-15-17-4-2-5-18(14-17)30-12-9-26-7-10-29-11-8-26/h2-6,13-14,16H,7-12,15H2,1H3,(H,23,28)(H,25,31). The Labute approximate surface area is 196 Å². The van der Waals surface area contributed by atoms with Crippen LogP contribution in [0.2, 0.25) is 0 Å². The quantitative estimate of drug-likeness (QED) is 0.464. The van der Waals surface area contributed by atoms with Gasteiger partial charge in [-0.15, -0.1) is 11.3 Å². The van der Waals surface area contributed by atoms with E-state index in [-0.39, 0.29) is 5.91 Å². The van der Waals surface area contributed by atoms with Gasteiger partial charge in [-0.2, -0.15) is 5.10 Å². The van der Waals surface area contributed by atoms with Crippen molar-refractivity contribution in [3.63, 3.8) is 0 Å². The molecule has 3 aromatic rings. The van der Waals surface area contributed by atoms with Crippen LogP contribution in [-0.4, -0.2) is 65.0 Å². The Morgan fingerprint density at radius 2 is 2.19 bits per heavy atom. The lowest BCUT2D eigenvalue weighted by Crippen LogP contribution is -2.38.